The number of halogens is 1. The first-order chi connectivity index (χ1) is 9.06. The number of nitrogens with two attached hydrogens (primary N) is 1. The van der Waals surface area contributed by atoms with E-state index in [-0.39, 0.29) is 5.91 Å². The maximum Gasteiger partial charge on any atom is 0.238 e. The molecule has 0 saturated heterocycles. The molecular formula is C14H20ClN3O. The highest BCUT2D eigenvalue weighted by molar-refractivity contribution is 6.31. The van der Waals surface area contributed by atoms with Crippen molar-refractivity contribution in [1.29, 1.82) is 0 Å². The summed E-state index contributed by atoms with van der Waals surface area (Å²) in [6, 6.07) is 5.62. The Morgan fingerprint density at radius 1 is 1.47 bits per heavy atom. The number of nitrogen functional groups attached to an aromatic ring is 1. The third kappa shape index (κ3) is 3.85. The summed E-state index contributed by atoms with van der Waals surface area (Å²) in [4.78, 5) is 14.1. The Labute approximate surface area is 118 Å². The second kappa shape index (κ2) is 6.26. The lowest BCUT2D eigenvalue weighted by Gasteiger charge is -2.23. The quantitative estimate of drug-likeness (QED) is 0.835. The van der Waals surface area contributed by atoms with Crippen LogP contribution in [0.15, 0.2) is 18.2 Å². The predicted octanol–water partition coefficient (Wildman–Crippen LogP) is 2.74. The van der Waals surface area contributed by atoms with Crippen LogP contribution in [0.25, 0.3) is 0 Å². The number of rotatable bonds is 4. The maximum atomic E-state index is 12.0. The van der Waals surface area contributed by atoms with Gasteiger partial charge < -0.3 is 11.1 Å². The molecule has 104 valence electrons. The van der Waals surface area contributed by atoms with Gasteiger partial charge in [0.15, 0.2) is 0 Å². The van der Waals surface area contributed by atoms with E-state index in [1.54, 1.807) is 18.2 Å². The monoisotopic (exact) mass is 281 g/mol. The van der Waals surface area contributed by atoms with Crippen molar-refractivity contribution in [3.05, 3.63) is 23.2 Å². The number of amides is 1. The van der Waals surface area contributed by atoms with E-state index in [0.29, 0.717) is 29.0 Å². The van der Waals surface area contributed by atoms with E-state index in [4.69, 9.17) is 17.3 Å². The van der Waals surface area contributed by atoms with Crippen molar-refractivity contribution in [2.45, 2.75) is 31.7 Å². The SMILES string of the molecule is CN(CC(=O)Nc1ccc(Cl)cc1N)C1CCCC1. The largest absolute Gasteiger partial charge is 0.397 e. The van der Waals surface area contributed by atoms with Crippen LogP contribution in [0, 0.1) is 0 Å². The number of benzene rings is 1. The summed E-state index contributed by atoms with van der Waals surface area (Å²) in [6.45, 7) is 0.396. The smallest absolute Gasteiger partial charge is 0.238 e. The molecule has 0 aliphatic heterocycles. The number of hydrogen-bond donors (Lipinski definition) is 2. The summed E-state index contributed by atoms with van der Waals surface area (Å²) < 4.78 is 0. The van der Waals surface area contributed by atoms with Gasteiger partial charge in [-0.3, -0.25) is 9.69 Å². The van der Waals surface area contributed by atoms with E-state index >= 15 is 0 Å². The van der Waals surface area contributed by atoms with E-state index in [9.17, 15) is 4.79 Å². The van der Waals surface area contributed by atoms with Gasteiger partial charge in [-0.25, -0.2) is 0 Å². The lowest BCUT2D eigenvalue weighted by molar-refractivity contribution is -0.117. The molecule has 1 saturated carbocycles. The van der Waals surface area contributed by atoms with Crippen molar-refractivity contribution in [1.82, 2.24) is 4.90 Å². The summed E-state index contributed by atoms with van der Waals surface area (Å²) in [5, 5.41) is 3.40. The Bertz CT molecular complexity index is 458. The summed E-state index contributed by atoms with van der Waals surface area (Å²) in [5.74, 6) is -0.0385. The molecule has 0 bridgehead atoms. The zero-order valence-corrected chi connectivity index (χ0v) is 11.9. The third-order valence-electron chi connectivity index (χ3n) is 3.63. The van der Waals surface area contributed by atoms with Crippen LogP contribution in [-0.4, -0.2) is 30.4 Å². The topological polar surface area (TPSA) is 58.4 Å². The lowest BCUT2D eigenvalue weighted by Crippen LogP contribution is -2.36. The molecule has 5 heteroatoms. The fourth-order valence-electron chi connectivity index (χ4n) is 2.54. The first kappa shape index (κ1) is 14.2. The fourth-order valence-corrected chi connectivity index (χ4v) is 2.72. The summed E-state index contributed by atoms with van der Waals surface area (Å²) >= 11 is 5.82. The fraction of sp³-hybridized carbons (Fsp3) is 0.500. The van der Waals surface area contributed by atoms with Gasteiger partial charge in [-0.15, -0.1) is 0 Å². The van der Waals surface area contributed by atoms with Gasteiger partial charge in [0.1, 0.15) is 0 Å². The second-order valence-corrected chi connectivity index (χ2v) is 5.57. The average molecular weight is 282 g/mol. The van der Waals surface area contributed by atoms with Crippen LogP contribution < -0.4 is 11.1 Å². The molecule has 4 nitrogen and oxygen atoms in total. The number of carbonyl (C=O) groups is 1. The molecule has 1 aliphatic carbocycles. The average Bonchev–Trinajstić information content (AvgIpc) is 2.86. The Morgan fingerprint density at radius 3 is 2.79 bits per heavy atom. The molecule has 2 rings (SSSR count). The normalized spacial score (nSPS) is 15.9. The van der Waals surface area contributed by atoms with Crippen molar-refractivity contribution < 1.29 is 4.79 Å². The summed E-state index contributed by atoms with van der Waals surface area (Å²) in [7, 11) is 2.00. The van der Waals surface area contributed by atoms with Gasteiger partial charge in [0.05, 0.1) is 17.9 Å². The minimum atomic E-state index is -0.0385. The van der Waals surface area contributed by atoms with Crippen molar-refractivity contribution in [2.75, 3.05) is 24.6 Å². The number of likely N-dealkylation sites (N-methyl/N-ethyl adjacent to an activating group) is 1. The standard InChI is InChI=1S/C14H20ClN3O/c1-18(11-4-2-3-5-11)9-14(19)17-13-7-6-10(15)8-12(13)16/h6-8,11H,2-5,9,16H2,1H3,(H,17,19). The highest BCUT2D eigenvalue weighted by atomic mass is 35.5. The molecular weight excluding hydrogens is 262 g/mol. The van der Waals surface area contributed by atoms with E-state index in [1.165, 1.54) is 25.7 Å². The van der Waals surface area contributed by atoms with Gasteiger partial charge in [0, 0.05) is 11.1 Å². The van der Waals surface area contributed by atoms with Crippen LogP contribution in [0.2, 0.25) is 5.02 Å². The number of nitrogens with zero attached hydrogens (tertiary/aromatic N) is 1. The van der Waals surface area contributed by atoms with Crippen LogP contribution in [-0.2, 0) is 4.79 Å². The van der Waals surface area contributed by atoms with Gasteiger partial charge in [-0.2, -0.15) is 0 Å². The van der Waals surface area contributed by atoms with E-state index in [1.807, 2.05) is 7.05 Å². The minimum absolute atomic E-state index is 0.0385. The zero-order chi connectivity index (χ0) is 13.8. The molecule has 1 aliphatic rings. The molecule has 0 radical (unpaired) electrons. The molecule has 1 aromatic carbocycles. The summed E-state index contributed by atoms with van der Waals surface area (Å²) in [5.41, 5.74) is 6.92. The molecule has 0 spiro atoms. The molecule has 1 fully saturated rings. The molecule has 0 atom stereocenters. The van der Waals surface area contributed by atoms with Crippen LogP contribution in [0.3, 0.4) is 0 Å². The Hall–Kier alpha value is -1.26. The van der Waals surface area contributed by atoms with Crippen molar-refractivity contribution >= 4 is 28.9 Å². The molecule has 19 heavy (non-hydrogen) atoms. The molecule has 0 aromatic heterocycles. The molecule has 3 N–H and O–H groups in total. The number of hydrogen-bond acceptors (Lipinski definition) is 3. The van der Waals surface area contributed by atoms with E-state index < -0.39 is 0 Å². The first-order valence-corrected chi connectivity index (χ1v) is 6.99. The van der Waals surface area contributed by atoms with Crippen molar-refractivity contribution in [2.24, 2.45) is 0 Å². The van der Waals surface area contributed by atoms with Crippen LogP contribution in [0.4, 0.5) is 11.4 Å². The number of nitrogens with one attached hydrogen (secondary N) is 1. The van der Waals surface area contributed by atoms with Gasteiger partial charge >= 0.3 is 0 Å². The van der Waals surface area contributed by atoms with E-state index in [0.717, 1.165) is 0 Å². The van der Waals surface area contributed by atoms with Crippen molar-refractivity contribution in [3.8, 4) is 0 Å². The molecule has 1 amide bonds. The highest BCUT2D eigenvalue weighted by Gasteiger charge is 2.21. The van der Waals surface area contributed by atoms with E-state index in [2.05, 4.69) is 10.2 Å². The molecule has 1 aromatic rings. The Morgan fingerprint density at radius 2 is 2.16 bits per heavy atom. The lowest BCUT2D eigenvalue weighted by atomic mass is 10.2. The number of anilines is 2. The zero-order valence-electron chi connectivity index (χ0n) is 11.2. The highest BCUT2D eigenvalue weighted by Crippen LogP contribution is 2.24. The Balaban J connectivity index is 1.89. The molecule has 0 heterocycles. The minimum Gasteiger partial charge on any atom is -0.397 e. The molecule has 0 unspecified atom stereocenters. The third-order valence-corrected chi connectivity index (χ3v) is 3.86. The van der Waals surface area contributed by atoms with Gasteiger partial charge in [-0.05, 0) is 38.1 Å². The summed E-state index contributed by atoms with van der Waals surface area (Å²) in [6.07, 6.45) is 4.90. The van der Waals surface area contributed by atoms with Crippen LogP contribution in [0.5, 0.6) is 0 Å². The number of carbonyl (C=O) groups excluding carboxylic acids is 1. The van der Waals surface area contributed by atoms with Crippen LogP contribution >= 0.6 is 11.6 Å². The van der Waals surface area contributed by atoms with Gasteiger partial charge in [0.2, 0.25) is 5.91 Å². The van der Waals surface area contributed by atoms with Gasteiger partial charge in [0.25, 0.3) is 0 Å². The van der Waals surface area contributed by atoms with Crippen molar-refractivity contribution in [3.63, 3.8) is 0 Å². The van der Waals surface area contributed by atoms with Crippen LogP contribution in [0.1, 0.15) is 25.7 Å². The van der Waals surface area contributed by atoms with Gasteiger partial charge in [-0.1, -0.05) is 24.4 Å². The second-order valence-electron chi connectivity index (χ2n) is 5.13. The Kier molecular flexibility index (Phi) is 4.66. The predicted molar refractivity (Wildman–Crippen MR) is 79.4 cm³/mol. The first-order valence-electron chi connectivity index (χ1n) is 6.61. The maximum absolute atomic E-state index is 12.0.